The first kappa shape index (κ1) is 16.0. The van der Waals surface area contributed by atoms with E-state index in [1.807, 2.05) is 0 Å². The second-order valence-corrected chi connectivity index (χ2v) is 6.99. The fourth-order valence-electron chi connectivity index (χ4n) is 2.64. The maximum atomic E-state index is 5.92. The minimum absolute atomic E-state index is 0.389. The summed E-state index contributed by atoms with van der Waals surface area (Å²) in [7, 11) is 0. The molecule has 1 saturated carbocycles. The fourth-order valence-corrected chi connectivity index (χ4v) is 2.64. The van der Waals surface area contributed by atoms with Gasteiger partial charge in [0.05, 0.1) is 6.61 Å². The van der Waals surface area contributed by atoms with Crippen LogP contribution in [0.4, 0.5) is 0 Å². The SMILES string of the molecule is CCCNC(COCCC(C)(C)C)C1CCCC1. The zero-order valence-corrected chi connectivity index (χ0v) is 12.9. The molecule has 1 N–H and O–H groups in total. The van der Waals surface area contributed by atoms with Crippen molar-refractivity contribution >= 4 is 0 Å². The largest absolute Gasteiger partial charge is 0.380 e. The van der Waals surface area contributed by atoms with Crippen LogP contribution in [0.3, 0.4) is 0 Å². The van der Waals surface area contributed by atoms with E-state index < -0.39 is 0 Å². The van der Waals surface area contributed by atoms with Crippen molar-refractivity contribution in [2.24, 2.45) is 11.3 Å². The average Bonchev–Trinajstić information content (AvgIpc) is 2.80. The minimum atomic E-state index is 0.389. The second kappa shape index (κ2) is 8.16. The van der Waals surface area contributed by atoms with E-state index in [1.54, 1.807) is 0 Å². The third-order valence-electron chi connectivity index (χ3n) is 3.92. The first-order valence-electron chi connectivity index (χ1n) is 7.84. The van der Waals surface area contributed by atoms with Crippen molar-refractivity contribution in [2.75, 3.05) is 19.8 Å². The zero-order chi connectivity index (χ0) is 13.4. The highest BCUT2D eigenvalue weighted by molar-refractivity contribution is 4.80. The maximum Gasteiger partial charge on any atom is 0.0622 e. The van der Waals surface area contributed by atoms with Crippen molar-refractivity contribution < 1.29 is 4.74 Å². The molecule has 18 heavy (non-hydrogen) atoms. The predicted molar refractivity (Wildman–Crippen MR) is 78.9 cm³/mol. The Kier molecular flexibility index (Phi) is 7.25. The third-order valence-corrected chi connectivity index (χ3v) is 3.92. The van der Waals surface area contributed by atoms with Crippen LogP contribution < -0.4 is 5.32 Å². The molecule has 0 amide bonds. The van der Waals surface area contributed by atoms with Gasteiger partial charge in [0.1, 0.15) is 0 Å². The summed E-state index contributed by atoms with van der Waals surface area (Å²) >= 11 is 0. The van der Waals surface area contributed by atoms with E-state index in [0.29, 0.717) is 11.5 Å². The van der Waals surface area contributed by atoms with Gasteiger partial charge in [-0.25, -0.2) is 0 Å². The number of ether oxygens (including phenoxy) is 1. The summed E-state index contributed by atoms with van der Waals surface area (Å²) in [4.78, 5) is 0. The van der Waals surface area contributed by atoms with E-state index in [2.05, 4.69) is 33.0 Å². The lowest BCUT2D eigenvalue weighted by Crippen LogP contribution is -2.39. The Morgan fingerprint density at radius 3 is 2.44 bits per heavy atom. The Hall–Kier alpha value is -0.0800. The summed E-state index contributed by atoms with van der Waals surface area (Å²) in [5, 5.41) is 3.68. The molecule has 0 aromatic heterocycles. The molecular formula is C16H33NO. The first-order chi connectivity index (χ1) is 8.53. The molecule has 0 aromatic carbocycles. The Labute approximate surface area is 114 Å². The normalized spacial score (nSPS) is 19.3. The topological polar surface area (TPSA) is 21.3 Å². The van der Waals surface area contributed by atoms with Gasteiger partial charge in [-0.2, -0.15) is 0 Å². The number of hydrogen-bond acceptors (Lipinski definition) is 2. The van der Waals surface area contributed by atoms with Crippen molar-refractivity contribution in [3.63, 3.8) is 0 Å². The van der Waals surface area contributed by atoms with Crippen molar-refractivity contribution in [3.05, 3.63) is 0 Å². The Balaban J connectivity index is 2.23. The maximum absolute atomic E-state index is 5.92. The predicted octanol–water partition coefficient (Wildman–Crippen LogP) is 4.00. The molecule has 2 nitrogen and oxygen atoms in total. The molecule has 1 aliphatic carbocycles. The van der Waals surface area contributed by atoms with Crippen LogP contribution in [0.25, 0.3) is 0 Å². The van der Waals surface area contributed by atoms with E-state index >= 15 is 0 Å². The lowest BCUT2D eigenvalue weighted by molar-refractivity contribution is 0.0757. The van der Waals surface area contributed by atoms with Crippen LogP contribution >= 0.6 is 0 Å². The standard InChI is InChI=1S/C16H33NO/c1-5-11-17-15(14-8-6-7-9-14)13-18-12-10-16(2,3)4/h14-15,17H,5-13H2,1-4H3. The van der Waals surface area contributed by atoms with Crippen LogP contribution in [0.2, 0.25) is 0 Å². The molecule has 1 fully saturated rings. The number of rotatable bonds is 8. The van der Waals surface area contributed by atoms with Crippen LogP contribution in [0.5, 0.6) is 0 Å². The van der Waals surface area contributed by atoms with Crippen molar-refractivity contribution in [1.29, 1.82) is 0 Å². The van der Waals surface area contributed by atoms with Crippen LogP contribution in [0.1, 0.15) is 66.2 Å². The number of hydrogen-bond donors (Lipinski definition) is 1. The Bertz CT molecular complexity index is 204. The summed E-state index contributed by atoms with van der Waals surface area (Å²) in [6.07, 6.45) is 7.98. The molecule has 1 unspecified atom stereocenters. The van der Waals surface area contributed by atoms with Crippen LogP contribution in [0, 0.1) is 11.3 Å². The molecule has 1 atom stereocenters. The van der Waals surface area contributed by atoms with Gasteiger partial charge in [-0.15, -0.1) is 0 Å². The smallest absolute Gasteiger partial charge is 0.0622 e. The van der Waals surface area contributed by atoms with Crippen LogP contribution in [-0.2, 0) is 4.74 Å². The second-order valence-electron chi connectivity index (χ2n) is 6.99. The van der Waals surface area contributed by atoms with E-state index in [9.17, 15) is 0 Å². The van der Waals surface area contributed by atoms with E-state index in [1.165, 1.54) is 32.1 Å². The van der Waals surface area contributed by atoms with E-state index in [4.69, 9.17) is 4.74 Å². The van der Waals surface area contributed by atoms with Gasteiger partial charge in [-0.05, 0) is 43.6 Å². The summed E-state index contributed by atoms with van der Waals surface area (Å²) in [6.45, 7) is 12.0. The summed E-state index contributed by atoms with van der Waals surface area (Å²) in [5.74, 6) is 0.853. The van der Waals surface area contributed by atoms with Crippen LogP contribution in [-0.4, -0.2) is 25.8 Å². The van der Waals surface area contributed by atoms with Gasteiger partial charge in [0, 0.05) is 12.6 Å². The fraction of sp³-hybridized carbons (Fsp3) is 1.00. The summed E-state index contributed by atoms with van der Waals surface area (Å²) in [6, 6.07) is 0.590. The van der Waals surface area contributed by atoms with Crippen molar-refractivity contribution in [1.82, 2.24) is 5.32 Å². The first-order valence-corrected chi connectivity index (χ1v) is 7.84. The summed E-state index contributed by atoms with van der Waals surface area (Å²) < 4.78 is 5.92. The molecule has 0 bridgehead atoms. The average molecular weight is 255 g/mol. The molecule has 1 aliphatic rings. The zero-order valence-electron chi connectivity index (χ0n) is 12.9. The molecule has 0 saturated heterocycles. The van der Waals surface area contributed by atoms with Gasteiger partial charge >= 0.3 is 0 Å². The minimum Gasteiger partial charge on any atom is -0.380 e. The lowest BCUT2D eigenvalue weighted by Gasteiger charge is -2.25. The van der Waals surface area contributed by atoms with Gasteiger partial charge in [-0.3, -0.25) is 0 Å². The molecular weight excluding hydrogens is 222 g/mol. The highest BCUT2D eigenvalue weighted by atomic mass is 16.5. The Morgan fingerprint density at radius 1 is 1.22 bits per heavy atom. The molecule has 108 valence electrons. The molecule has 0 spiro atoms. The molecule has 1 rings (SSSR count). The highest BCUT2D eigenvalue weighted by Gasteiger charge is 2.24. The van der Waals surface area contributed by atoms with Gasteiger partial charge in [-0.1, -0.05) is 40.5 Å². The van der Waals surface area contributed by atoms with Gasteiger partial charge in [0.15, 0.2) is 0 Å². The van der Waals surface area contributed by atoms with Gasteiger partial charge < -0.3 is 10.1 Å². The molecule has 0 radical (unpaired) electrons. The van der Waals surface area contributed by atoms with E-state index in [0.717, 1.165) is 32.1 Å². The molecule has 0 aromatic rings. The highest BCUT2D eigenvalue weighted by Crippen LogP contribution is 2.28. The quantitative estimate of drug-likeness (QED) is 0.662. The third kappa shape index (κ3) is 6.75. The van der Waals surface area contributed by atoms with Gasteiger partial charge in [0.2, 0.25) is 0 Å². The summed E-state index contributed by atoms with van der Waals surface area (Å²) in [5.41, 5.74) is 0.389. The lowest BCUT2D eigenvalue weighted by atomic mass is 9.93. The van der Waals surface area contributed by atoms with E-state index in [-0.39, 0.29) is 0 Å². The monoisotopic (exact) mass is 255 g/mol. The molecule has 2 heteroatoms. The molecule has 0 heterocycles. The Morgan fingerprint density at radius 2 is 1.89 bits per heavy atom. The van der Waals surface area contributed by atoms with Crippen molar-refractivity contribution in [3.8, 4) is 0 Å². The molecule has 0 aliphatic heterocycles. The van der Waals surface area contributed by atoms with Crippen LogP contribution in [0.15, 0.2) is 0 Å². The number of nitrogens with one attached hydrogen (secondary N) is 1. The van der Waals surface area contributed by atoms with Gasteiger partial charge in [0.25, 0.3) is 0 Å². The van der Waals surface area contributed by atoms with Crippen molar-refractivity contribution in [2.45, 2.75) is 72.3 Å².